The van der Waals surface area contributed by atoms with Gasteiger partial charge in [0.15, 0.2) is 0 Å². The highest BCUT2D eigenvalue weighted by Gasteiger charge is 2.24. The van der Waals surface area contributed by atoms with Crippen LogP contribution >= 0.6 is 0 Å². The van der Waals surface area contributed by atoms with Gasteiger partial charge >= 0.3 is 0 Å². The number of phenolic OH excluding ortho intramolecular Hbond substituents is 2. The first-order chi connectivity index (χ1) is 15.8. The van der Waals surface area contributed by atoms with Crippen LogP contribution in [-0.2, 0) is 10.8 Å². The molecule has 2 amide bonds. The van der Waals surface area contributed by atoms with Gasteiger partial charge in [0.05, 0.1) is 11.1 Å². The van der Waals surface area contributed by atoms with Crippen molar-refractivity contribution >= 4 is 23.2 Å². The zero-order chi connectivity index (χ0) is 25.3. The van der Waals surface area contributed by atoms with Crippen molar-refractivity contribution < 1.29 is 19.8 Å². The van der Waals surface area contributed by atoms with Crippen molar-refractivity contribution in [3.63, 3.8) is 0 Å². The lowest BCUT2D eigenvalue weighted by atomic mass is 9.85. The number of carbonyl (C=O) groups is 2. The van der Waals surface area contributed by atoms with Crippen molar-refractivity contribution in [3.05, 3.63) is 82.9 Å². The van der Waals surface area contributed by atoms with E-state index in [4.69, 9.17) is 0 Å². The summed E-state index contributed by atoms with van der Waals surface area (Å²) >= 11 is 0. The van der Waals surface area contributed by atoms with Crippen LogP contribution in [0.2, 0.25) is 0 Å². The van der Waals surface area contributed by atoms with Crippen molar-refractivity contribution in [1.29, 1.82) is 0 Å². The number of anilines is 2. The van der Waals surface area contributed by atoms with Gasteiger partial charge in [-0.3, -0.25) is 9.59 Å². The Hall–Kier alpha value is -3.80. The Balaban J connectivity index is 1.81. The van der Waals surface area contributed by atoms with Gasteiger partial charge in [-0.05, 0) is 41.2 Å². The summed E-state index contributed by atoms with van der Waals surface area (Å²) in [5.74, 6) is -1.01. The van der Waals surface area contributed by atoms with Gasteiger partial charge < -0.3 is 20.8 Å². The van der Waals surface area contributed by atoms with Crippen molar-refractivity contribution in [3.8, 4) is 11.5 Å². The minimum absolute atomic E-state index is 0.0498. The average molecular weight is 461 g/mol. The predicted octanol–water partition coefficient (Wildman–Crippen LogP) is 6.20. The van der Waals surface area contributed by atoms with E-state index >= 15 is 0 Å². The van der Waals surface area contributed by atoms with Gasteiger partial charge in [0.1, 0.15) is 11.5 Å². The van der Waals surface area contributed by atoms with Crippen molar-refractivity contribution in [1.82, 2.24) is 0 Å². The molecule has 0 aliphatic carbocycles. The molecule has 0 radical (unpaired) electrons. The number of phenols is 2. The lowest BCUT2D eigenvalue weighted by Gasteiger charge is -2.21. The Morgan fingerprint density at radius 3 is 1.32 bits per heavy atom. The number of amides is 2. The third kappa shape index (κ3) is 5.39. The standard InChI is InChI=1S/C28H32N2O4/c1-27(2,3)21-14-8-12-19(23(21)31)25(33)29-17-10-7-11-18(16-17)30-26(34)20-13-9-15-22(24(20)32)28(4,5)6/h7-16,31-32H,1-6H3,(H,29,33)(H,30,34). The van der Waals surface area contributed by atoms with Crippen LogP contribution < -0.4 is 10.6 Å². The summed E-state index contributed by atoms with van der Waals surface area (Å²) in [4.78, 5) is 25.7. The van der Waals surface area contributed by atoms with Gasteiger partial charge in [0.25, 0.3) is 11.8 Å². The van der Waals surface area contributed by atoms with Crippen molar-refractivity contribution in [2.75, 3.05) is 10.6 Å². The first-order valence-corrected chi connectivity index (χ1v) is 11.2. The fourth-order valence-electron chi connectivity index (χ4n) is 3.74. The fraction of sp³-hybridized carbons (Fsp3) is 0.286. The summed E-state index contributed by atoms with van der Waals surface area (Å²) in [5, 5.41) is 26.8. The second-order valence-corrected chi connectivity index (χ2v) is 10.4. The van der Waals surface area contributed by atoms with Gasteiger partial charge in [-0.2, -0.15) is 0 Å². The molecule has 0 saturated carbocycles. The molecule has 0 spiro atoms. The molecule has 0 aliphatic heterocycles. The second-order valence-electron chi connectivity index (χ2n) is 10.4. The second kappa shape index (κ2) is 9.21. The zero-order valence-electron chi connectivity index (χ0n) is 20.5. The first kappa shape index (κ1) is 24.8. The van der Waals surface area contributed by atoms with E-state index in [9.17, 15) is 19.8 Å². The van der Waals surface area contributed by atoms with Gasteiger partial charge in [-0.15, -0.1) is 0 Å². The van der Waals surface area contributed by atoms with Crippen LogP contribution in [0, 0.1) is 0 Å². The summed E-state index contributed by atoms with van der Waals surface area (Å²) in [5.41, 5.74) is 1.97. The van der Waals surface area contributed by atoms with Crippen LogP contribution in [0.3, 0.4) is 0 Å². The lowest BCUT2D eigenvalue weighted by Crippen LogP contribution is -2.17. The minimum atomic E-state index is -0.456. The van der Waals surface area contributed by atoms with Gasteiger partial charge in [0, 0.05) is 22.5 Å². The highest BCUT2D eigenvalue weighted by atomic mass is 16.3. The summed E-state index contributed by atoms with van der Waals surface area (Å²) in [6, 6.07) is 16.9. The number of nitrogens with one attached hydrogen (secondary N) is 2. The molecule has 0 aromatic heterocycles. The number of para-hydroxylation sites is 2. The Morgan fingerprint density at radius 1 is 0.618 bits per heavy atom. The van der Waals surface area contributed by atoms with Gasteiger partial charge in [-0.25, -0.2) is 0 Å². The third-order valence-corrected chi connectivity index (χ3v) is 5.56. The minimum Gasteiger partial charge on any atom is -0.507 e. The van der Waals surface area contributed by atoms with Crippen molar-refractivity contribution in [2.45, 2.75) is 52.4 Å². The van der Waals surface area contributed by atoms with Crippen LogP contribution in [0.15, 0.2) is 60.7 Å². The van der Waals surface area contributed by atoms with Gasteiger partial charge in [-0.1, -0.05) is 71.9 Å². The summed E-state index contributed by atoms with van der Waals surface area (Å²) < 4.78 is 0. The lowest BCUT2D eigenvalue weighted by molar-refractivity contribution is 0.101. The van der Waals surface area contributed by atoms with Crippen LogP contribution in [0.1, 0.15) is 73.4 Å². The van der Waals surface area contributed by atoms with Crippen molar-refractivity contribution in [2.24, 2.45) is 0 Å². The molecule has 0 unspecified atom stereocenters. The molecule has 4 N–H and O–H groups in total. The normalized spacial score (nSPS) is 11.7. The van der Waals surface area contributed by atoms with E-state index in [1.165, 1.54) is 0 Å². The Morgan fingerprint density at radius 2 is 0.971 bits per heavy atom. The summed E-state index contributed by atoms with van der Waals surface area (Å²) in [7, 11) is 0. The molecule has 3 aromatic carbocycles. The topological polar surface area (TPSA) is 98.7 Å². The largest absolute Gasteiger partial charge is 0.507 e. The molecule has 3 aromatic rings. The first-order valence-electron chi connectivity index (χ1n) is 11.2. The maximum Gasteiger partial charge on any atom is 0.259 e. The summed E-state index contributed by atoms with van der Waals surface area (Å²) in [6.45, 7) is 11.8. The monoisotopic (exact) mass is 460 g/mol. The van der Waals surface area contributed by atoms with Crippen LogP contribution in [0.25, 0.3) is 0 Å². The van der Waals surface area contributed by atoms with E-state index in [0.717, 1.165) is 0 Å². The molecule has 34 heavy (non-hydrogen) atoms. The number of rotatable bonds is 4. The number of aromatic hydroxyl groups is 2. The van der Waals surface area contributed by atoms with E-state index in [2.05, 4.69) is 10.6 Å². The van der Waals surface area contributed by atoms with E-state index in [1.807, 2.05) is 41.5 Å². The Kier molecular flexibility index (Phi) is 6.73. The molecule has 0 heterocycles. The van der Waals surface area contributed by atoms with E-state index in [-0.39, 0.29) is 33.5 Å². The highest BCUT2D eigenvalue weighted by molar-refractivity contribution is 6.08. The summed E-state index contributed by atoms with van der Waals surface area (Å²) in [6.07, 6.45) is 0. The molecule has 0 aliphatic rings. The number of hydrogen-bond donors (Lipinski definition) is 4. The molecule has 0 atom stereocenters. The number of benzene rings is 3. The molecule has 6 nitrogen and oxygen atoms in total. The smallest absolute Gasteiger partial charge is 0.259 e. The molecule has 178 valence electrons. The Labute approximate surface area is 200 Å². The van der Waals surface area contributed by atoms with E-state index < -0.39 is 11.8 Å². The molecule has 0 fully saturated rings. The molecule has 0 bridgehead atoms. The maximum absolute atomic E-state index is 12.9. The molecule has 0 saturated heterocycles. The van der Waals surface area contributed by atoms with Gasteiger partial charge in [0.2, 0.25) is 0 Å². The molecular weight excluding hydrogens is 428 g/mol. The van der Waals surface area contributed by atoms with Crippen LogP contribution in [0.5, 0.6) is 11.5 Å². The predicted molar refractivity (Wildman–Crippen MR) is 136 cm³/mol. The maximum atomic E-state index is 12.9. The SMILES string of the molecule is CC(C)(C)c1cccc(C(=O)Nc2cccc(NC(=O)c3cccc(C(C)(C)C)c3O)c2)c1O. The zero-order valence-corrected chi connectivity index (χ0v) is 20.5. The van der Waals surface area contributed by atoms with E-state index in [1.54, 1.807) is 60.7 Å². The van der Waals surface area contributed by atoms with Crippen LogP contribution in [0.4, 0.5) is 11.4 Å². The van der Waals surface area contributed by atoms with Crippen LogP contribution in [-0.4, -0.2) is 22.0 Å². The Bertz CT molecular complexity index is 1140. The number of carbonyl (C=O) groups excluding carboxylic acids is 2. The fourth-order valence-corrected chi connectivity index (χ4v) is 3.74. The quantitative estimate of drug-likeness (QED) is 0.373. The highest BCUT2D eigenvalue weighted by Crippen LogP contribution is 2.34. The average Bonchev–Trinajstić information content (AvgIpc) is 2.72. The number of hydrogen-bond acceptors (Lipinski definition) is 4. The third-order valence-electron chi connectivity index (χ3n) is 5.56. The molecule has 6 heteroatoms. The molecule has 3 rings (SSSR count). The van der Waals surface area contributed by atoms with E-state index in [0.29, 0.717) is 22.5 Å². The molecular formula is C28H32N2O4.